The van der Waals surface area contributed by atoms with Crippen LogP contribution in [0.3, 0.4) is 0 Å². The summed E-state index contributed by atoms with van der Waals surface area (Å²) in [6, 6.07) is 11.4. The van der Waals surface area contributed by atoms with Crippen LogP contribution >= 0.6 is 11.8 Å². The second kappa shape index (κ2) is 10.1. The van der Waals surface area contributed by atoms with Gasteiger partial charge in [-0.15, -0.1) is 0 Å². The summed E-state index contributed by atoms with van der Waals surface area (Å²) in [7, 11) is 1.49. The Kier molecular flexibility index (Phi) is 6.98. The van der Waals surface area contributed by atoms with Crippen molar-refractivity contribution < 1.29 is 28.2 Å². The normalized spacial score (nSPS) is 17.2. The first-order valence-corrected chi connectivity index (χ1v) is 11.4. The number of imide groups is 1. The van der Waals surface area contributed by atoms with E-state index in [0.29, 0.717) is 35.7 Å². The smallest absolute Gasteiger partial charge is 0.294 e. The Labute approximate surface area is 195 Å². The lowest BCUT2D eigenvalue weighted by atomic mass is 10.1. The molecule has 9 heteroatoms. The number of likely N-dealkylation sites (tertiary alicyclic amines) is 1. The first-order chi connectivity index (χ1) is 16.0. The molecule has 7 nitrogen and oxygen atoms in total. The van der Waals surface area contributed by atoms with Crippen LogP contribution in [-0.4, -0.2) is 53.6 Å². The minimum Gasteiger partial charge on any atom is -0.493 e. The lowest BCUT2D eigenvalue weighted by Gasteiger charge is -2.18. The van der Waals surface area contributed by atoms with Crippen LogP contribution in [0, 0.1) is 5.82 Å². The molecule has 3 amide bonds. The van der Waals surface area contributed by atoms with Gasteiger partial charge in [-0.25, -0.2) is 4.39 Å². The van der Waals surface area contributed by atoms with Crippen LogP contribution in [0.5, 0.6) is 11.5 Å². The maximum atomic E-state index is 13.9. The fourth-order valence-corrected chi connectivity index (χ4v) is 4.49. The number of hydrogen-bond acceptors (Lipinski definition) is 6. The Bertz CT molecular complexity index is 1110. The zero-order valence-corrected chi connectivity index (χ0v) is 18.9. The number of amides is 3. The van der Waals surface area contributed by atoms with E-state index in [1.165, 1.54) is 13.2 Å². The van der Waals surface area contributed by atoms with E-state index in [0.717, 1.165) is 29.5 Å². The number of methoxy groups -OCH3 is 1. The van der Waals surface area contributed by atoms with E-state index in [1.807, 2.05) is 0 Å². The highest BCUT2D eigenvalue weighted by atomic mass is 32.2. The Morgan fingerprint density at radius 2 is 1.88 bits per heavy atom. The molecule has 0 unspecified atom stereocenters. The van der Waals surface area contributed by atoms with Crippen LogP contribution in [0.4, 0.5) is 9.18 Å². The molecular weight excluding hydrogens is 447 g/mol. The van der Waals surface area contributed by atoms with Gasteiger partial charge in [0.1, 0.15) is 19.0 Å². The third-order valence-electron chi connectivity index (χ3n) is 5.45. The van der Waals surface area contributed by atoms with E-state index >= 15 is 0 Å². The van der Waals surface area contributed by atoms with Gasteiger partial charge in [0.15, 0.2) is 11.5 Å². The molecule has 0 aromatic heterocycles. The Balaban J connectivity index is 1.49. The highest BCUT2D eigenvalue weighted by Crippen LogP contribution is 2.35. The molecule has 0 atom stereocenters. The molecule has 0 bridgehead atoms. The van der Waals surface area contributed by atoms with Crippen molar-refractivity contribution in [1.82, 2.24) is 9.80 Å². The highest BCUT2D eigenvalue weighted by Gasteiger charge is 2.37. The van der Waals surface area contributed by atoms with Crippen molar-refractivity contribution in [2.75, 3.05) is 26.7 Å². The van der Waals surface area contributed by atoms with Gasteiger partial charge in [-0.05, 0) is 54.4 Å². The summed E-state index contributed by atoms with van der Waals surface area (Å²) in [5, 5.41) is -0.469. The number of ether oxygens (including phenoxy) is 2. The van der Waals surface area contributed by atoms with Crippen molar-refractivity contribution in [3.63, 3.8) is 0 Å². The molecule has 4 rings (SSSR count). The maximum Gasteiger partial charge on any atom is 0.294 e. The molecule has 0 spiro atoms. The molecule has 0 radical (unpaired) electrons. The van der Waals surface area contributed by atoms with Crippen molar-refractivity contribution in [3.05, 3.63) is 64.3 Å². The summed E-state index contributed by atoms with van der Waals surface area (Å²) in [5.74, 6) is -0.262. The zero-order chi connectivity index (χ0) is 23.4. The molecule has 2 fully saturated rings. The molecular formula is C24H23FN2O5S. The number of hydrogen-bond donors (Lipinski definition) is 0. The van der Waals surface area contributed by atoms with Gasteiger partial charge >= 0.3 is 0 Å². The van der Waals surface area contributed by atoms with Crippen molar-refractivity contribution >= 4 is 34.9 Å². The third-order valence-corrected chi connectivity index (χ3v) is 6.36. The summed E-state index contributed by atoms with van der Waals surface area (Å²) in [6.45, 7) is 1.07. The van der Waals surface area contributed by atoms with Gasteiger partial charge in [0, 0.05) is 18.7 Å². The Hall–Kier alpha value is -3.33. The van der Waals surface area contributed by atoms with Crippen LogP contribution < -0.4 is 9.47 Å². The third kappa shape index (κ3) is 5.19. The molecule has 0 N–H and O–H groups in total. The number of nitrogens with zero attached hydrogens (tertiary/aromatic N) is 2. The summed E-state index contributed by atoms with van der Waals surface area (Å²) in [4.78, 5) is 40.4. The molecule has 2 saturated heterocycles. The summed E-state index contributed by atoms with van der Waals surface area (Å²) in [5.41, 5.74) is 1.00. The van der Waals surface area contributed by atoms with Gasteiger partial charge < -0.3 is 14.4 Å². The predicted octanol–water partition coefficient (Wildman–Crippen LogP) is 4.07. The minimum atomic E-state index is -0.498. The molecule has 0 aliphatic carbocycles. The largest absolute Gasteiger partial charge is 0.493 e. The molecule has 0 saturated carbocycles. The number of carbonyl (C=O) groups is 3. The summed E-state index contributed by atoms with van der Waals surface area (Å²) >= 11 is 0.795. The van der Waals surface area contributed by atoms with Gasteiger partial charge in [0.2, 0.25) is 5.91 Å². The second-order valence-electron chi connectivity index (χ2n) is 7.65. The van der Waals surface area contributed by atoms with Crippen LogP contribution in [0.25, 0.3) is 6.08 Å². The molecule has 33 heavy (non-hydrogen) atoms. The lowest BCUT2D eigenvalue weighted by molar-refractivity contribution is -0.135. The van der Waals surface area contributed by atoms with Crippen molar-refractivity contribution in [3.8, 4) is 11.5 Å². The van der Waals surface area contributed by atoms with Gasteiger partial charge in [-0.3, -0.25) is 19.3 Å². The van der Waals surface area contributed by atoms with E-state index in [-0.39, 0.29) is 29.8 Å². The molecule has 2 aliphatic heterocycles. The van der Waals surface area contributed by atoms with E-state index < -0.39 is 11.1 Å². The molecule has 2 aromatic carbocycles. The Morgan fingerprint density at radius 3 is 2.61 bits per heavy atom. The number of rotatable bonds is 7. The Morgan fingerprint density at radius 1 is 1.12 bits per heavy atom. The average molecular weight is 471 g/mol. The van der Waals surface area contributed by atoms with Crippen molar-refractivity contribution in [1.29, 1.82) is 0 Å². The van der Waals surface area contributed by atoms with Crippen molar-refractivity contribution in [2.24, 2.45) is 0 Å². The molecule has 2 heterocycles. The minimum absolute atomic E-state index is 0.00160. The van der Waals surface area contributed by atoms with Gasteiger partial charge in [0.05, 0.1) is 12.0 Å². The fraction of sp³-hybridized carbons (Fsp3) is 0.292. The predicted molar refractivity (Wildman–Crippen MR) is 122 cm³/mol. The van der Waals surface area contributed by atoms with Gasteiger partial charge in [-0.2, -0.15) is 0 Å². The first-order valence-electron chi connectivity index (χ1n) is 10.5. The fourth-order valence-electron chi connectivity index (χ4n) is 3.66. The SMILES string of the molecule is COc1ccc(/C=C2\SC(=O)N(CC(=O)N3CCCC3)C2=O)cc1OCc1ccccc1F. The maximum absolute atomic E-state index is 13.9. The molecule has 172 valence electrons. The molecule has 2 aromatic rings. The summed E-state index contributed by atoms with van der Waals surface area (Å²) in [6.07, 6.45) is 3.44. The van der Waals surface area contributed by atoms with Crippen LogP contribution in [0.2, 0.25) is 0 Å². The number of thioether (sulfide) groups is 1. The topological polar surface area (TPSA) is 76.2 Å². The van der Waals surface area contributed by atoms with Gasteiger partial charge in [0.25, 0.3) is 11.1 Å². The van der Waals surface area contributed by atoms with Crippen LogP contribution in [0.15, 0.2) is 47.4 Å². The standard InChI is InChI=1S/C24H23FN2O5S/c1-31-19-9-8-16(12-20(19)32-15-17-6-2-3-7-18(17)25)13-21-23(29)27(24(30)33-21)14-22(28)26-10-4-5-11-26/h2-3,6-9,12-13H,4-5,10-11,14-15H2,1H3/b21-13-. The number of halogens is 1. The highest BCUT2D eigenvalue weighted by molar-refractivity contribution is 8.18. The van der Waals surface area contributed by atoms with Crippen LogP contribution in [-0.2, 0) is 16.2 Å². The van der Waals surface area contributed by atoms with Crippen LogP contribution in [0.1, 0.15) is 24.0 Å². The van der Waals surface area contributed by atoms with E-state index in [9.17, 15) is 18.8 Å². The van der Waals surface area contributed by atoms with E-state index in [2.05, 4.69) is 0 Å². The monoisotopic (exact) mass is 470 g/mol. The number of carbonyl (C=O) groups excluding carboxylic acids is 3. The lowest BCUT2D eigenvalue weighted by Crippen LogP contribution is -2.40. The quantitative estimate of drug-likeness (QED) is 0.568. The van der Waals surface area contributed by atoms with E-state index in [4.69, 9.17) is 9.47 Å². The second-order valence-corrected chi connectivity index (χ2v) is 8.64. The van der Waals surface area contributed by atoms with Crippen molar-refractivity contribution in [2.45, 2.75) is 19.4 Å². The average Bonchev–Trinajstić information content (AvgIpc) is 3.44. The summed E-state index contributed by atoms with van der Waals surface area (Å²) < 4.78 is 25.0. The van der Waals surface area contributed by atoms with Gasteiger partial charge in [-0.1, -0.05) is 24.3 Å². The molecule has 2 aliphatic rings. The zero-order valence-electron chi connectivity index (χ0n) is 18.1. The van der Waals surface area contributed by atoms with E-state index in [1.54, 1.807) is 47.4 Å². The number of benzene rings is 2. The first kappa shape index (κ1) is 22.8.